The van der Waals surface area contributed by atoms with Crippen molar-refractivity contribution in [1.82, 2.24) is 10.6 Å². The lowest BCUT2D eigenvalue weighted by molar-refractivity contribution is -0.383. The number of hydrogen-bond acceptors (Lipinski definition) is 5. The van der Waals surface area contributed by atoms with E-state index in [0.29, 0.717) is 6.54 Å². The van der Waals surface area contributed by atoms with Crippen molar-refractivity contribution in [2.45, 2.75) is 12.5 Å². The minimum absolute atomic E-state index is 0.0741. The average molecular weight is 313 g/mol. The van der Waals surface area contributed by atoms with Gasteiger partial charge in [0, 0.05) is 31.6 Å². The lowest BCUT2D eigenvalue weighted by Gasteiger charge is -2.12. The summed E-state index contributed by atoms with van der Waals surface area (Å²) in [6.07, 6.45) is 0.191. The first-order valence-electron chi connectivity index (χ1n) is 6.15. The van der Waals surface area contributed by atoms with Crippen molar-refractivity contribution in [3.8, 4) is 0 Å². The van der Waals surface area contributed by atoms with Gasteiger partial charge in [0.05, 0.1) is 16.0 Å². The SMILES string of the molecule is CNc1c(Cl)cc(C(=O)NC2CNC(=O)C2)cc1[N+](=O)[O-]. The van der Waals surface area contributed by atoms with E-state index in [9.17, 15) is 19.7 Å². The number of nitro groups is 1. The van der Waals surface area contributed by atoms with Gasteiger partial charge in [0.15, 0.2) is 0 Å². The normalized spacial score (nSPS) is 17.2. The number of benzene rings is 1. The average Bonchev–Trinajstić information content (AvgIpc) is 2.82. The van der Waals surface area contributed by atoms with Gasteiger partial charge in [-0.1, -0.05) is 11.6 Å². The van der Waals surface area contributed by atoms with Crippen LogP contribution in [0.5, 0.6) is 0 Å². The van der Waals surface area contributed by atoms with Gasteiger partial charge in [-0.15, -0.1) is 0 Å². The third-order valence-corrected chi connectivity index (χ3v) is 3.39. The summed E-state index contributed by atoms with van der Waals surface area (Å²) in [7, 11) is 1.50. The topological polar surface area (TPSA) is 113 Å². The number of anilines is 1. The number of nitrogens with zero attached hydrogens (tertiary/aromatic N) is 1. The van der Waals surface area contributed by atoms with Crippen LogP contribution < -0.4 is 16.0 Å². The number of nitro benzene ring substituents is 1. The minimum atomic E-state index is -0.616. The molecule has 0 radical (unpaired) electrons. The molecule has 2 rings (SSSR count). The molecule has 8 nitrogen and oxygen atoms in total. The maximum absolute atomic E-state index is 12.1. The minimum Gasteiger partial charge on any atom is -0.381 e. The highest BCUT2D eigenvalue weighted by Gasteiger charge is 2.25. The van der Waals surface area contributed by atoms with Crippen molar-refractivity contribution in [3.63, 3.8) is 0 Å². The molecule has 0 saturated carbocycles. The molecule has 2 amide bonds. The number of halogens is 1. The first-order valence-corrected chi connectivity index (χ1v) is 6.53. The maximum Gasteiger partial charge on any atom is 0.294 e. The summed E-state index contributed by atoms with van der Waals surface area (Å²) in [5, 5.41) is 18.9. The Balaban J connectivity index is 2.25. The summed E-state index contributed by atoms with van der Waals surface area (Å²) in [6.45, 7) is 0.342. The van der Waals surface area contributed by atoms with Gasteiger partial charge in [0.2, 0.25) is 5.91 Å². The van der Waals surface area contributed by atoms with E-state index in [2.05, 4.69) is 16.0 Å². The van der Waals surface area contributed by atoms with Crippen molar-refractivity contribution < 1.29 is 14.5 Å². The van der Waals surface area contributed by atoms with Crippen LogP contribution in [-0.2, 0) is 4.79 Å². The molecule has 112 valence electrons. The van der Waals surface area contributed by atoms with Crippen LogP contribution >= 0.6 is 11.6 Å². The lowest BCUT2D eigenvalue weighted by atomic mass is 10.1. The van der Waals surface area contributed by atoms with E-state index in [1.165, 1.54) is 13.1 Å². The van der Waals surface area contributed by atoms with Crippen LogP contribution in [0.1, 0.15) is 16.8 Å². The van der Waals surface area contributed by atoms with E-state index in [4.69, 9.17) is 11.6 Å². The molecule has 1 heterocycles. The van der Waals surface area contributed by atoms with Crippen LogP contribution in [0.15, 0.2) is 12.1 Å². The van der Waals surface area contributed by atoms with Gasteiger partial charge in [0.25, 0.3) is 11.6 Å². The highest BCUT2D eigenvalue weighted by molar-refractivity contribution is 6.34. The number of rotatable bonds is 4. The van der Waals surface area contributed by atoms with Crippen molar-refractivity contribution in [1.29, 1.82) is 0 Å². The third-order valence-electron chi connectivity index (χ3n) is 3.09. The largest absolute Gasteiger partial charge is 0.381 e. The molecule has 1 saturated heterocycles. The zero-order chi connectivity index (χ0) is 15.6. The van der Waals surface area contributed by atoms with Gasteiger partial charge in [-0.05, 0) is 6.07 Å². The fraction of sp³-hybridized carbons (Fsp3) is 0.333. The molecule has 3 N–H and O–H groups in total. The lowest BCUT2D eigenvalue weighted by Crippen LogP contribution is -2.36. The Labute approximate surface area is 125 Å². The van der Waals surface area contributed by atoms with Gasteiger partial charge in [-0.2, -0.15) is 0 Å². The van der Waals surface area contributed by atoms with Crippen LogP contribution in [0.25, 0.3) is 0 Å². The molecule has 1 aromatic rings. The zero-order valence-electron chi connectivity index (χ0n) is 11.1. The molecule has 21 heavy (non-hydrogen) atoms. The second-order valence-corrected chi connectivity index (χ2v) is 4.95. The molecular formula is C12H13ClN4O4. The first kappa shape index (κ1) is 15.0. The summed E-state index contributed by atoms with van der Waals surface area (Å²) in [6, 6.07) is 2.17. The van der Waals surface area contributed by atoms with E-state index in [-0.39, 0.29) is 40.3 Å². The van der Waals surface area contributed by atoms with Crippen LogP contribution in [0.3, 0.4) is 0 Å². The fourth-order valence-corrected chi connectivity index (χ4v) is 2.40. The predicted molar refractivity (Wildman–Crippen MR) is 76.5 cm³/mol. The van der Waals surface area contributed by atoms with Crippen molar-refractivity contribution in [3.05, 3.63) is 32.8 Å². The second kappa shape index (κ2) is 5.96. The Hall–Kier alpha value is -2.35. The van der Waals surface area contributed by atoms with Crippen molar-refractivity contribution >= 4 is 34.8 Å². The molecule has 0 aromatic heterocycles. The summed E-state index contributed by atoms with van der Waals surface area (Å²) >= 11 is 5.95. The fourth-order valence-electron chi connectivity index (χ4n) is 2.09. The van der Waals surface area contributed by atoms with E-state index in [0.717, 1.165) is 6.07 Å². The first-order chi connectivity index (χ1) is 9.92. The number of hydrogen-bond donors (Lipinski definition) is 3. The van der Waals surface area contributed by atoms with E-state index >= 15 is 0 Å². The van der Waals surface area contributed by atoms with E-state index < -0.39 is 10.8 Å². The van der Waals surface area contributed by atoms with Gasteiger partial charge in [-0.25, -0.2) is 0 Å². The smallest absolute Gasteiger partial charge is 0.294 e. The number of amides is 2. The Bertz CT molecular complexity index is 620. The van der Waals surface area contributed by atoms with Gasteiger partial charge >= 0.3 is 0 Å². The monoisotopic (exact) mass is 312 g/mol. The van der Waals surface area contributed by atoms with Crippen LogP contribution in [0.4, 0.5) is 11.4 Å². The molecule has 0 spiro atoms. The van der Waals surface area contributed by atoms with E-state index in [1.807, 2.05) is 0 Å². The summed E-state index contributed by atoms with van der Waals surface area (Å²) in [4.78, 5) is 33.6. The molecule has 0 aliphatic carbocycles. The predicted octanol–water partition coefficient (Wildman–Crippen LogP) is 0.908. The number of carbonyl (C=O) groups excluding carboxylic acids is 2. The molecule has 1 fully saturated rings. The maximum atomic E-state index is 12.1. The molecule has 0 bridgehead atoms. The molecule has 9 heteroatoms. The summed E-state index contributed by atoms with van der Waals surface area (Å²) in [5.74, 6) is -0.654. The van der Waals surface area contributed by atoms with Gasteiger partial charge in [0.1, 0.15) is 5.69 Å². The van der Waals surface area contributed by atoms with Gasteiger partial charge in [-0.3, -0.25) is 19.7 Å². The van der Waals surface area contributed by atoms with Crippen molar-refractivity contribution in [2.75, 3.05) is 18.9 Å². The summed E-state index contributed by atoms with van der Waals surface area (Å²) in [5.41, 5.74) is -0.0586. The van der Waals surface area contributed by atoms with Crippen LogP contribution in [0.2, 0.25) is 5.02 Å². The molecule has 1 atom stereocenters. The standard InChI is InChI=1S/C12H13ClN4O4/c1-14-11-8(13)2-6(3-9(11)17(20)21)12(19)16-7-4-10(18)15-5-7/h2-3,7,14H,4-5H2,1H3,(H,15,18)(H,16,19). The Kier molecular flexibility index (Phi) is 4.27. The van der Waals surface area contributed by atoms with Crippen LogP contribution in [0, 0.1) is 10.1 Å². The third kappa shape index (κ3) is 3.22. The Morgan fingerprint density at radius 1 is 1.52 bits per heavy atom. The van der Waals surface area contributed by atoms with Crippen LogP contribution in [-0.4, -0.2) is 36.4 Å². The highest BCUT2D eigenvalue weighted by atomic mass is 35.5. The Morgan fingerprint density at radius 3 is 2.76 bits per heavy atom. The highest BCUT2D eigenvalue weighted by Crippen LogP contribution is 2.33. The second-order valence-electron chi connectivity index (χ2n) is 4.54. The Morgan fingerprint density at radius 2 is 2.24 bits per heavy atom. The molecule has 1 aliphatic rings. The molecule has 1 aliphatic heterocycles. The molecule has 1 aromatic carbocycles. The van der Waals surface area contributed by atoms with Gasteiger partial charge < -0.3 is 16.0 Å². The summed E-state index contributed by atoms with van der Waals surface area (Å²) < 4.78 is 0. The van der Waals surface area contributed by atoms with Crippen molar-refractivity contribution in [2.24, 2.45) is 0 Å². The van der Waals surface area contributed by atoms with E-state index in [1.54, 1.807) is 0 Å². The number of carbonyl (C=O) groups is 2. The molecular weight excluding hydrogens is 300 g/mol. The zero-order valence-corrected chi connectivity index (χ0v) is 11.9. The molecule has 1 unspecified atom stereocenters. The number of nitrogens with one attached hydrogen (secondary N) is 3. The quantitative estimate of drug-likeness (QED) is 0.565.